The van der Waals surface area contributed by atoms with Crippen LogP contribution < -0.4 is 16.2 Å². The number of aromatic nitrogens is 1. The van der Waals surface area contributed by atoms with Crippen LogP contribution in [-0.4, -0.2) is 29.5 Å². The van der Waals surface area contributed by atoms with Crippen LogP contribution in [0.1, 0.15) is 36.0 Å². The summed E-state index contributed by atoms with van der Waals surface area (Å²) < 4.78 is 0. The lowest BCUT2D eigenvalue weighted by Gasteiger charge is -2.27. The Morgan fingerprint density at radius 1 is 1.18 bits per heavy atom. The van der Waals surface area contributed by atoms with E-state index in [0.29, 0.717) is 24.5 Å². The van der Waals surface area contributed by atoms with E-state index in [1.54, 1.807) is 0 Å². The van der Waals surface area contributed by atoms with Crippen LogP contribution in [0.3, 0.4) is 0 Å². The summed E-state index contributed by atoms with van der Waals surface area (Å²) in [5.41, 5.74) is 8.50. The zero-order valence-corrected chi connectivity index (χ0v) is 12.6. The first-order valence-electron chi connectivity index (χ1n) is 8.18. The predicted octanol–water partition coefficient (Wildman–Crippen LogP) is 1.93. The normalized spacial score (nSPS) is 27.7. The molecule has 1 saturated heterocycles. The lowest BCUT2D eigenvalue weighted by atomic mass is 9.82. The molecule has 1 aliphatic heterocycles. The van der Waals surface area contributed by atoms with Crippen LogP contribution in [0.4, 0.5) is 0 Å². The first-order chi connectivity index (χ1) is 10.8. The molecular formula is C17H22N4O. The summed E-state index contributed by atoms with van der Waals surface area (Å²) in [6.45, 7) is 0.674. The number of amides is 1. The Morgan fingerprint density at radius 2 is 2.09 bits per heavy atom. The van der Waals surface area contributed by atoms with E-state index < -0.39 is 0 Å². The zero-order valence-electron chi connectivity index (χ0n) is 12.6. The van der Waals surface area contributed by atoms with Gasteiger partial charge in [-0.1, -0.05) is 18.9 Å². The molecule has 0 bridgehead atoms. The number of H-pyrrole nitrogens is 1. The number of nitrogens with one attached hydrogen (secondary N) is 4. The Kier molecular flexibility index (Phi) is 3.60. The molecule has 5 nitrogen and oxygen atoms in total. The highest BCUT2D eigenvalue weighted by atomic mass is 16.1. The minimum absolute atomic E-state index is 0.00580. The summed E-state index contributed by atoms with van der Waals surface area (Å²) in [7, 11) is 0. The van der Waals surface area contributed by atoms with Crippen molar-refractivity contribution in [1.82, 2.24) is 21.2 Å². The Hall–Kier alpha value is -1.85. The van der Waals surface area contributed by atoms with Gasteiger partial charge < -0.3 is 10.3 Å². The molecule has 1 aromatic carbocycles. The SMILES string of the molecule is O=C(NCC1NNC2CCCCC21)c1cccc2[nH]ccc12. The lowest BCUT2D eigenvalue weighted by molar-refractivity contribution is 0.0948. The number of benzene rings is 1. The molecular weight excluding hydrogens is 276 g/mol. The van der Waals surface area contributed by atoms with Crippen LogP contribution in [-0.2, 0) is 0 Å². The maximum atomic E-state index is 12.5. The summed E-state index contributed by atoms with van der Waals surface area (Å²) in [6, 6.07) is 8.65. The van der Waals surface area contributed by atoms with Crippen molar-refractivity contribution in [2.75, 3.05) is 6.54 Å². The molecule has 2 aliphatic rings. The number of carbonyl (C=O) groups excluding carboxylic acids is 1. The van der Waals surface area contributed by atoms with Gasteiger partial charge in [0.15, 0.2) is 0 Å². The number of carbonyl (C=O) groups is 1. The molecule has 3 unspecified atom stereocenters. The van der Waals surface area contributed by atoms with Gasteiger partial charge in [0.05, 0.1) is 0 Å². The van der Waals surface area contributed by atoms with Crippen molar-refractivity contribution < 1.29 is 4.79 Å². The highest BCUT2D eigenvalue weighted by Gasteiger charge is 2.37. The second-order valence-electron chi connectivity index (χ2n) is 6.40. The zero-order chi connectivity index (χ0) is 14.9. The van der Waals surface area contributed by atoms with E-state index in [-0.39, 0.29) is 5.91 Å². The minimum Gasteiger partial charge on any atom is -0.361 e. The molecule has 1 saturated carbocycles. The van der Waals surface area contributed by atoms with E-state index in [0.717, 1.165) is 16.5 Å². The van der Waals surface area contributed by atoms with Crippen LogP contribution in [0.2, 0.25) is 0 Å². The monoisotopic (exact) mass is 298 g/mol. The number of hydrogen-bond acceptors (Lipinski definition) is 3. The Bertz CT molecular complexity index is 680. The van der Waals surface area contributed by atoms with Gasteiger partial charge in [0, 0.05) is 41.3 Å². The van der Waals surface area contributed by atoms with Gasteiger partial charge >= 0.3 is 0 Å². The third-order valence-corrected chi connectivity index (χ3v) is 5.11. The van der Waals surface area contributed by atoms with Crippen molar-refractivity contribution in [2.45, 2.75) is 37.8 Å². The molecule has 0 spiro atoms. The van der Waals surface area contributed by atoms with E-state index in [1.165, 1.54) is 25.7 Å². The average molecular weight is 298 g/mol. The largest absolute Gasteiger partial charge is 0.361 e. The molecule has 1 amide bonds. The third kappa shape index (κ3) is 2.40. The Labute approximate surface area is 129 Å². The first-order valence-corrected chi connectivity index (χ1v) is 8.18. The topological polar surface area (TPSA) is 69.0 Å². The first kappa shape index (κ1) is 13.8. The van der Waals surface area contributed by atoms with Gasteiger partial charge in [-0.25, -0.2) is 0 Å². The van der Waals surface area contributed by atoms with Crippen molar-refractivity contribution in [1.29, 1.82) is 0 Å². The maximum Gasteiger partial charge on any atom is 0.252 e. The second-order valence-corrected chi connectivity index (χ2v) is 6.40. The summed E-state index contributed by atoms with van der Waals surface area (Å²) in [6.07, 6.45) is 6.97. The fourth-order valence-electron chi connectivity index (χ4n) is 3.93. The van der Waals surface area contributed by atoms with Crippen molar-refractivity contribution >= 4 is 16.8 Å². The third-order valence-electron chi connectivity index (χ3n) is 5.11. The molecule has 2 aromatic rings. The van der Waals surface area contributed by atoms with E-state index >= 15 is 0 Å². The number of rotatable bonds is 3. The van der Waals surface area contributed by atoms with E-state index in [2.05, 4.69) is 21.2 Å². The smallest absolute Gasteiger partial charge is 0.252 e. The fourth-order valence-corrected chi connectivity index (χ4v) is 3.93. The molecule has 4 rings (SSSR count). The van der Waals surface area contributed by atoms with Crippen LogP contribution in [0, 0.1) is 5.92 Å². The van der Waals surface area contributed by atoms with Gasteiger partial charge in [-0.2, -0.15) is 0 Å². The Morgan fingerprint density at radius 3 is 3.05 bits per heavy atom. The number of aromatic amines is 1. The van der Waals surface area contributed by atoms with Gasteiger partial charge in [-0.3, -0.25) is 15.6 Å². The summed E-state index contributed by atoms with van der Waals surface area (Å²) >= 11 is 0. The molecule has 116 valence electrons. The number of fused-ring (bicyclic) bond motifs is 2. The molecule has 1 aliphatic carbocycles. The number of hydrazine groups is 1. The van der Waals surface area contributed by atoms with Gasteiger partial charge in [-0.15, -0.1) is 0 Å². The number of hydrogen-bond donors (Lipinski definition) is 4. The van der Waals surface area contributed by atoms with E-state index in [9.17, 15) is 4.79 Å². The van der Waals surface area contributed by atoms with E-state index in [4.69, 9.17) is 0 Å². The van der Waals surface area contributed by atoms with Gasteiger partial charge in [-0.05, 0) is 37.0 Å². The molecule has 3 atom stereocenters. The van der Waals surface area contributed by atoms with Gasteiger partial charge in [0.1, 0.15) is 0 Å². The minimum atomic E-state index is 0.00580. The molecule has 22 heavy (non-hydrogen) atoms. The standard InChI is InChI=1S/C17H22N4O/c22-17(12-5-3-7-14-11(12)8-9-18-14)19-10-16-13-4-1-2-6-15(13)20-21-16/h3,5,7-9,13,15-16,18,20-21H,1-2,4,6,10H2,(H,19,22). The Balaban J connectivity index is 1.43. The molecule has 2 heterocycles. The van der Waals surface area contributed by atoms with Crippen LogP contribution in [0.5, 0.6) is 0 Å². The van der Waals surface area contributed by atoms with Crippen molar-refractivity contribution in [2.24, 2.45) is 5.92 Å². The highest BCUT2D eigenvalue weighted by molar-refractivity contribution is 6.06. The second kappa shape index (κ2) is 5.74. The van der Waals surface area contributed by atoms with Gasteiger partial charge in [0.2, 0.25) is 0 Å². The summed E-state index contributed by atoms with van der Waals surface area (Å²) in [5.74, 6) is 0.642. The predicted molar refractivity (Wildman–Crippen MR) is 86.4 cm³/mol. The maximum absolute atomic E-state index is 12.5. The van der Waals surface area contributed by atoms with Crippen LogP contribution >= 0.6 is 0 Å². The molecule has 4 N–H and O–H groups in total. The average Bonchev–Trinajstić information content (AvgIpc) is 3.19. The molecule has 1 aromatic heterocycles. The van der Waals surface area contributed by atoms with Crippen molar-refractivity contribution in [3.05, 3.63) is 36.0 Å². The quantitative estimate of drug-likeness (QED) is 0.700. The van der Waals surface area contributed by atoms with Crippen molar-refractivity contribution in [3.63, 3.8) is 0 Å². The molecule has 0 radical (unpaired) electrons. The molecule has 2 fully saturated rings. The summed E-state index contributed by atoms with van der Waals surface area (Å²) in [4.78, 5) is 15.6. The van der Waals surface area contributed by atoms with E-state index in [1.807, 2.05) is 30.5 Å². The van der Waals surface area contributed by atoms with Crippen LogP contribution in [0.25, 0.3) is 10.9 Å². The van der Waals surface area contributed by atoms with Crippen LogP contribution in [0.15, 0.2) is 30.5 Å². The van der Waals surface area contributed by atoms with Gasteiger partial charge in [0.25, 0.3) is 5.91 Å². The summed E-state index contributed by atoms with van der Waals surface area (Å²) in [5, 5.41) is 4.08. The lowest BCUT2D eigenvalue weighted by Crippen LogP contribution is -2.42. The molecule has 5 heteroatoms. The fraction of sp³-hybridized carbons (Fsp3) is 0.471. The van der Waals surface area contributed by atoms with Crippen molar-refractivity contribution in [3.8, 4) is 0 Å². The highest BCUT2D eigenvalue weighted by Crippen LogP contribution is 2.29.